The van der Waals surface area contributed by atoms with Gasteiger partial charge >= 0.3 is 0 Å². The van der Waals surface area contributed by atoms with E-state index in [4.69, 9.17) is 11.6 Å². The first-order valence-electron chi connectivity index (χ1n) is 5.56. The van der Waals surface area contributed by atoms with Crippen LogP contribution in [-0.2, 0) is 0 Å². The molecule has 1 aliphatic carbocycles. The smallest absolute Gasteiger partial charge is 0.0745 e. The largest absolute Gasteiger partial charge is 0.146 e. The number of hydrogen-bond acceptors (Lipinski definition) is 1. The van der Waals surface area contributed by atoms with Crippen molar-refractivity contribution in [2.24, 2.45) is 5.41 Å². The van der Waals surface area contributed by atoms with E-state index in [0.717, 1.165) is 0 Å². The summed E-state index contributed by atoms with van der Waals surface area (Å²) < 4.78 is 1.19. The Balaban J connectivity index is 2.26. The molecule has 1 aromatic rings. The molecular weight excluding hydrogens is 292 g/mol. The topological polar surface area (TPSA) is 0 Å². The maximum atomic E-state index is 6.70. The van der Waals surface area contributed by atoms with Crippen LogP contribution in [0.25, 0.3) is 0 Å². The van der Waals surface area contributed by atoms with Gasteiger partial charge in [-0.25, -0.2) is 0 Å². The summed E-state index contributed by atoms with van der Waals surface area (Å²) in [5.74, 6) is 0. The highest BCUT2D eigenvalue weighted by atomic mass is 79.9. The lowest BCUT2D eigenvalue weighted by Gasteiger charge is -2.32. The van der Waals surface area contributed by atoms with E-state index in [1.54, 1.807) is 11.3 Å². The Morgan fingerprint density at radius 1 is 1.53 bits per heavy atom. The summed E-state index contributed by atoms with van der Waals surface area (Å²) in [5, 5.41) is 2.31. The van der Waals surface area contributed by atoms with Gasteiger partial charge in [0.15, 0.2) is 0 Å². The van der Waals surface area contributed by atoms with Crippen molar-refractivity contribution in [3.63, 3.8) is 0 Å². The van der Waals surface area contributed by atoms with Gasteiger partial charge in [0.2, 0.25) is 0 Å². The summed E-state index contributed by atoms with van der Waals surface area (Å²) >= 11 is 12.1. The molecule has 1 aliphatic rings. The van der Waals surface area contributed by atoms with Crippen LogP contribution >= 0.6 is 38.9 Å². The van der Waals surface area contributed by atoms with E-state index in [0.29, 0.717) is 5.41 Å². The van der Waals surface area contributed by atoms with Crippen molar-refractivity contribution in [2.75, 3.05) is 0 Å². The third-order valence-corrected chi connectivity index (χ3v) is 6.46. The zero-order valence-corrected chi connectivity index (χ0v) is 12.1. The lowest BCUT2D eigenvalue weighted by atomic mass is 9.79. The Morgan fingerprint density at radius 2 is 2.20 bits per heavy atom. The molecule has 0 nitrogen and oxygen atoms in total. The quantitative estimate of drug-likeness (QED) is 0.623. The Bertz CT molecular complexity index is 328. The number of halogens is 2. The van der Waals surface area contributed by atoms with Crippen LogP contribution in [0.5, 0.6) is 0 Å². The first-order chi connectivity index (χ1) is 7.19. The molecule has 1 atom stereocenters. The van der Waals surface area contributed by atoms with Crippen LogP contribution in [0.1, 0.15) is 49.3 Å². The van der Waals surface area contributed by atoms with Crippen molar-refractivity contribution >= 4 is 38.9 Å². The minimum Gasteiger partial charge on any atom is -0.146 e. The maximum Gasteiger partial charge on any atom is 0.0745 e. The average molecular weight is 308 g/mol. The van der Waals surface area contributed by atoms with Gasteiger partial charge in [-0.3, -0.25) is 0 Å². The average Bonchev–Trinajstić information content (AvgIpc) is 2.86. The van der Waals surface area contributed by atoms with Crippen molar-refractivity contribution < 1.29 is 0 Å². The highest BCUT2D eigenvalue weighted by molar-refractivity contribution is 9.10. The Labute approximate surface area is 109 Å². The molecule has 1 heterocycles. The molecule has 0 aliphatic heterocycles. The van der Waals surface area contributed by atoms with Gasteiger partial charge in [0.25, 0.3) is 0 Å². The summed E-state index contributed by atoms with van der Waals surface area (Å²) in [6.07, 6.45) is 6.48. The van der Waals surface area contributed by atoms with E-state index < -0.39 is 0 Å². The van der Waals surface area contributed by atoms with Crippen molar-refractivity contribution in [1.29, 1.82) is 0 Å². The van der Waals surface area contributed by atoms with Crippen molar-refractivity contribution in [1.82, 2.24) is 0 Å². The monoisotopic (exact) mass is 306 g/mol. The van der Waals surface area contributed by atoms with Crippen LogP contribution in [0.3, 0.4) is 0 Å². The van der Waals surface area contributed by atoms with E-state index in [2.05, 4.69) is 34.3 Å². The second-order valence-corrected chi connectivity index (χ2v) is 6.66. The molecule has 1 unspecified atom stereocenters. The van der Waals surface area contributed by atoms with E-state index in [-0.39, 0.29) is 5.38 Å². The molecule has 1 fully saturated rings. The summed E-state index contributed by atoms with van der Waals surface area (Å²) in [4.78, 5) is 1.32. The number of alkyl halides is 1. The fourth-order valence-electron chi connectivity index (χ4n) is 2.63. The van der Waals surface area contributed by atoms with Gasteiger partial charge in [-0.15, -0.1) is 22.9 Å². The van der Waals surface area contributed by atoms with Gasteiger partial charge in [-0.1, -0.05) is 19.8 Å². The van der Waals surface area contributed by atoms with Gasteiger partial charge in [0.1, 0.15) is 0 Å². The molecule has 3 heteroatoms. The Hall–Kier alpha value is 0.470. The van der Waals surface area contributed by atoms with Crippen molar-refractivity contribution in [3.8, 4) is 0 Å². The maximum absolute atomic E-state index is 6.70. The molecule has 0 spiro atoms. The van der Waals surface area contributed by atoms with E-state index >= 15 is 0 Å². The molecule has 84 valence electrons. The molecule has 1 aromatic heterocycles. The molecule has 0 amide bonds. The van der Waals surface area contributed by atoms with Gasteiger partial charge in [-0.2, -0.15) is 0 Å². The molecular formula is C12H16BrClS. The molecule has 0 saturated heterocycles. The molecule has 0 radical (unpaired) electrons. The van der Waals surface area contributed by atoms with Crippen LogP contribution in [0.15, 0.2) is 15.9 Å². The summed E-state index contributed by atoms with van der Waals surface area (Å²) in [6.45, 7) is 2.28. The molecule has 15 heavy (non-hydrogen) atoms. The van der Waals surface area contributed by atoms with Crippen molar-refractivity contribution in [2.45, 2.75) is 44.4 Å². The SMILES string of the molecule is CCC1(C(Cl)c2sccc2Br)CCCC1. The first-order valence-corrected chi connectivity index (χ1v) is 7.67. The summed E-state index contributed by atoms with van der Waals surface area (Å²) in [7, 11) is 0. The Kier molecular flexibility index (Phi) is 3.79. The van der Waals surface area contributed by atoms with Gasteiger partial charge in [-0.05, 0) is 52.1 Å². The van der Waals surface area contributed by atoms with E-state index in [1.165, 1.54) is 41.5 Å². The lowest BCUT2D eigenvalue weighted by Crippen LogP contribution is -2.21. The van der Waals surface area contributed by atoms with Crippen LogP contribution in [0.4, 0.5) is 0 Å². The number of hydrogen-bond donors (Lipinski definition) is 0. The lowest BCUT2D eigenvalue weighted by molar-refractivity contribution is 0.273. The van der Waals surface area contributed by atoms with Crippen LogP contribution in [-0.4, -0.2) is 0 Å². The van der Waals surface area contributed by atoms with E-state index in [1.807, 2.05) is 0 Å². The number of rotatable bonds is 3. The minimum absolute atomic E-state index is 0.194. The van der Waals surface area contributed by atoms with E-state index in [9.17, 15) is 0 Å². The summed E-state index contributed by atoms with van der Waals surface area (Å²) in [6, 6.07) is 2.10. The van der Waals surface area contributed by atoms with Gasteiger partial charge in [0, 0.05) is 9.35 Å². The predicted octanol–water partition coefficient (Wildman–Crippen LogP) is 5.76. The molecule has 0 aromatic carbocycles. The standard InChI is InChI=1S/C12H16BrClS/c1-2-12(6-3-4-7-12)11(14)10-9(13)5-8-15-10/h5,8,11H,2-4,6-7H2,1H3. The molecule has 0 bridgehead atoms. The van der Waals surface area contributed by atoms with Crippen molar-refractivity contribution in [3.05, 3.63) is 20.8 Å². The van der Waals surface area contributed by atoms with Crippen LogP contribution < -0.4 is 0 Å². The fraction of sp³-hybridized carbons (Fsp3) is 0.667. The summed E-state index contributed by atoms with van der Waals surface area (Å²) in [5.41, 5.74) is 0.356. The third-order valence-electron chi connectivity index (χ3n) is 3.72. The molecule has 0 N–H and O–H groups in total. The van der Waals surface area contributed by atoms with Gasteiger partial charge in [0.05, 0.1) is 5.38 Å². The molecule has 1 saturated carbocycles. The Morgan fingerprint density at radius 3 is 2.67 bits per heavy atom. The number of thiophene rings is 1. The van der Waals surface area contributed by atoms with Gasteiger partial charge < -0.3 is 0 Å². The zero-order valence-electron chi connectivity index (χ0n) is 8.93. The van der Waals surface area contributed by atoms with Crippen LogP contribution in [0.2, 0.25) is 0 Å². The molecule has 2 rings (SSSR count). The first kappa shape index (κ1) is 11.9. The normalized spacial score (nSPS) is 21.8. The zero-order chi connectivity index (χ0) is 10.9. The second kappa shape index (κ2) is 4.77. The second-order valence-electron chi connectivity index (χ2n) is 4.42. The van der Waals surface area contributed by atoms with Crippen LogP contribution in [0, 0.1) is 5.41 Å². The fourth-order valence-corrected chi connectivity index (χ4v) is 5.12. The third kappa shape index (κ3) is 2.13. The highest BCUT2D eigenvalue weighted by Crippen LogP contribution is 2.55. The highest BCUT2D eigenvalue weighted by Gasteiger charge is 2.40. The predicted molar refractivity (Wildman–Crippen MR) is 71.8 cm³/mol. The minimum atomic E-state index is 0.194.